The highest BCUT2D eigenvalue weighted by Gasteiger charge is 2.34. The van der Waals surface area contributed by atoms with Crippen molar-refractivity contribution >= 4 is 39.1 Å². The lowest BCUT2D eigenvalue weighted by Crippen LogP contribution is -2.53. The third kappa shape index (κ3) is 7.44. The maximum Gasteiger partial charge on any atom is 0.264 e. The molecule has 1 saturated carbocycles. The highest BCUT2D eigenvalue weighted by molar-refractivity contribution is 7.92. The van der Waals surface area contributed by atoms with Crippen molar-refractivity contribution in [3.63, 3.8) is 0 Å². The first-order valence-electron chi connectivity index (χ1n) is 14.2. The summed E-state index contributed by atoms with van der Waals surface area (Å²) in [5.41, 5.74) is 1.87. The molecule has 3 aromatic carbocycles. The zero-order valence-electron chi connectivity index (χ0n) is 24.3. The maximum absolute atomic E-state index is 14.2. The molecule has 4 rings (SSSR count). The Hall–Kier alpha value is -3.56. The molecule has 0 aromatic heterocycles. The number of benzene rings is 3. The van der Waals surface area contributed by atoms with Gasteiger partial charge in [0.1, 0.15) is 18.3 Å². The van der Waals surface area contributed by atoms with Crippen LogP contribution in [0.25, 0.3) is 0 Å². The number of carbonyl (C=O) groups excluding carboxylic acids is 2. The number of methoxy groups -OCH3 is 1. The second kappa shape index (κ2) is 14.1. The highest BCUT2D eigenvalue weighted by Crippen LogP contribution is 2.28. The Labute approximate surface area is 253 Å². The minimum absolute atomic E-state index is 0.0517. The summed E-state index contributed by atoms with van der Waals surface area (Å²) < 4.78 is 34.3. The monoisotopic (exact) mass is 611 g/mol. The molecule has 224 valence electrons. The van der Waals surface area contributed by atoms with Crippen molar-refractivity contribution in [2.75, 3.05) is 18.0 Å². The lowest BCUT2D eigenvalue weighted by molar-refractivity contribution is -0.140. The third-order valence-electron chi connectivity index (χ3n) is 7.63. The van der Waals surface area contributed by atoms with E-state index in [-0.39, 0.29) is 23.4 Å². The third-order valence-corrected chi connectivity index (χ3v) is 9.79. The lowest BCUT2D eigenvalue weighted by Gasteiger charge is -2.34. The van der Waals surface area contributed by atoms with Crippen LogP contribution in [0, 0.1) is 6.92 Å². The van der Waals surface area contributed by atoms with Gasteiger partial charge in [0.2, 0.25) is 11.8 Å². The first-order valence-corrected chi connectivity index (χ1v) is 16.0. The van der Waals surface area contributed by atoms with Gasteiger partial charge in [0.05, 0.1) is 17.7 Å². The molecule has 1 N–H and O–H groups in total. The molecule has 1 aliphatic carbocycles. The molecule has 0 spiro atoms. The van der Waals surface area contributed by atoms with Crippen molar-refractivity contribution in [3.8, 4) is 5.75 Å². The second-order valence-corrected chi connectivity index (χ2v) is 12.8. The fourth-order valence-electron chi connectivity index (χ4n) is 5.21. The summed E-state index contributed by atoms with van der Waals surface area (Å²) in [7, 11) is -2.63. The Bertz CT molecular complexity index is 1470. The number of ether oxygens (including phenoxy) is 1. The Kier molecular flexibility index (Phi) is 10.5. The molecule has 2 amide bonds. The number of anilines is 1. The van der Waals surface area contributed by atoms with Gasteiger partial charge < -0.3 is 15.0 Å². The van der Waals surface area contributed by atoms with E-state index in [1.54, 1.807) is 54.6 Å². The van der Waals surface area contributed by atoms with E-state index in [9.17, 15) is 18.0 Å². The molecule has 42 heavy (non-hydrogen) atoms. The largest absolute Gasteiger partial charge is 0.497 e. The number of amides is 2. The zero-order chi connectivity index (χ0) is 30.3. The van der Waals surface area contributed by atoms with Crippen LogP contribution in [0.15, 0.2) is 77.7 Å². The number of nitrogens with one attached hydrogen (secondary N) is 1. The average Bonchev–Trinajstić information content (AvgIpc) is 3.50. The number of sulfonamides is 1. The van der Waals surface area contributed by atoms with E-state index in [4.69, 9.17) is 16.3 Å². The fourth-order valence-corrected chi connectivity index (χ4v) is 6.82. The van der Waals surface area contributed by atoms with Gasteiger partial charge in [-0.25, -0.2) is 8.42 Å². The van der Waals surface area contributed by atoms with Gasteiger partial charge in [-0.05, 0) is 74.2 Å². The van der Waals surface area contributed by atoms with Crippen LogP contribution < -0.4 is 14.4 Å². The van der Waals surface area contributed by atoms with Crippen molar-refractivity contribution in [1.82, 2.24) is 10.2 Å². The quantitative estimate of drug-likeness (QED) is 0.283. The van der Waals surface area contributed by atoms with Crippen LogP contribution in [0.2, 0.25) is 5.02 Å². The molecule has 10 heteroatoms. The highest BCUT2D eigenvalue weighted by atomic mass is 35.5. The van der Waals surface area contributed by atoms with E-state index in [2.05, 4.69) is 5.32 Å². The zero-order valence-corrected chi connectivity index (χ0v) is 25.8. The van der Waals surface area contributed by atoms with E-state index in [0.717, 1.165) is 35.6 Å². The molecule has 0 saturated heterocycles. The number of carbonyl (C=O) groups is 2. The van der Waals surface area contributed by atoms with Crippen molar-refractivity contribution < 1.29 is 22.7 Å². The Morgan fingerprint density at radius 3 is 2.24 bits per heavy atom. The van der Waals surface area contributed by atoms with Crippen molar-refractivity contribution in [2.24, 2.45) is 0 Å². The topological polar surface area (TPSA) is 96.0 Å². The van der Waals surface area contributed by atoms with Gasteiger partial charge in [-0.2, -0.15) is 0 Å². The average molecular weight is 612 g/mol. The van der Waals surface area contributed by atoms with Crippen molar-refractivity contribution in [3.05, 3.63) is 88.9 Å². The van der Waals surface area contributed by atoms with Gasteiger partial charge in [0, 0.05) is 17.6 Å². The molecule has 8 nitrogen and oxygen atoms in total. The normalized spacial score (nSPS) is 14.3. The predicted molar refractivity (Wildman–Crippen MR) is 165 cm³/mol. The van der Waals surface area contributed by atoms with Crippen LogP contribution in [0.3, 0.4) is 0 Å². The van der Waals surface area contributed by atoms with E-state index < -0.39 is 28.5 Å². The van der Waals surface area contributed by atoms with Gasteiger partial charge in [-0.15, -0.1) is 0 Å². The van der Waals surface area contributed by atoms with Crippen LogP contribution in [-0.4, -0.2) is 50.9 Å². The summed E-state index contributed by atoms with van der Waals surface area (Å²) in [5.74, 6) is -0.218. The summed E-state index contributed by atoms with van der Waals surface area (Å²) in [6.45, 7) is 3.25. The van der Waals surface area contributed by atoms with Crippen LogP contribution in [0.4, 0.5) is 5.69 Å². The van der Waals surface area contributed by atoms with E-state index >= 15 is 0 Å². The SMILES string of the molecule is CCC(C(=O)NC1CCCC1)N(Cc1ccccc1Cl)C(=O)CN(c1ccc(OC)cc1)S(=O)(=O)c1ccc(C)cc1. The summed E-state index contributed by atoms with van der Waals surface area (Å²) >= 11 is 6.48. The molecule has 1 aliphatic rings. The van der Waals surface area contributed by atoms with E-state index in [0.29, 0.717) is 28.4 Å². The maximum atomic E-state index is 14.2. The number of hydrogen-bond donors (Lipinski definition) is 1. The summed E-state index contributed by atoms with van der Waals surface area (Å²) in [4.78, 5) is 29.3. The first-order chi connectivity index (χ1) is 20.1. The van der Waals surface area contributed by atoms with Crippen LogP contribution in [0.1, 0.15) is 50.2 Å². The van der Waals surface area contributed by atoms with Crippen molar-refractivity contribution in [1.29, 1.82) is 0 Å². The number of hydrogen-bond acceptors (Lipinski definition) is 5. The standard InChI is InChI=1S/C32H38ClN3O5S/c1-4-30(32(38)34-25-10-6-7-11-25)35(21-24-9-5-8-12-29(24)33)31(37)22-36(26-15-17-27(41-3)18-16-26)42(39,40)28-19-13-23(2)14-20-28/h5,8-9,12-20,25,30H,4,6-7,10-11,21-22H2,1-3H3,(H,34,38). The Balaban J connectivity index is 1.72. The molecule has 3 aromatic rings. The Morgan fingerprint density at radius 2 is 1.64 bits per heavy atom. The number of rotatable bonds is 12. The van der Waals surface area contributed by atoms with E-state index in [1.807, 2.05) is 19.9 Å². The second-order valence-electron chi connectivity index (χ2n) is 10.5. The van der Waals surface area contributed by atoms with Gasteiger partial charge in [0.25, 0.3) is 10.0 Å². The summed E-state index contributed by atoms with van der Waals surface area (Å²) in [6.07, 6.45) is 4.26. The lowest BCUT2D eigenvalue weighted by atomic mass is 10.1. The first kappa shape index (κ1) is 31.4. The summed E-state index contributed by atoms with van der Waals surface area (Å²) in [6, 6.07) is 19.3. The molecular weight excluding hydrogens is 574 g/mol. The smallest absolute Gasteiger partial charge is 0.264 e. The number of aryl methyl sites for hydroxylation is 1. The molecule has 0 heterocycles. The van der Waals surface area contributed by atoms with Crippen LogP contribution in [-0.2, 0) is 26.2 Å². The Morgan fingerprint density at radius 1 is 1.00 bits per heavy atom. The van der Waals surface area contributed by atoms with Gasteiger partial charge >= 0.3 is 0 Å². The molecule has 0 radical (unpaired) electrons. The van der Waals surface area contributed by atoms with E-state index in [1.165, 1.54) is 24.1 Å². The molecule has 1 unspecified atom stereocenters. The minimum atomic E-state index is -4.15. The van der Waals surface area contributed by atoms with Gasteiger partial charge in [-0.3, -0.25) is 13.9 Å². The number of nitrogens with zero attached hydrogens (tertiary/aromatic N) is 2. The fraction of sp³-hybridized carbons (Fsp3) is 0.375. The van der Waals surface area contributed by atoms with Gasteiger partial charge in [-0.1, -0.05) is 67.3 Å². The molecule has 1 atom stereocenters. The predicted octanol–water partition coefficient (Wildman–Crippen LogP) is 5.72. The van der Waals surface area contributed by atoms with Crippen LogP contribution in [0.5, 0.6) is 5.75 Å². The number of halogens is 1. The van der Waals surface area contributed by atoms with Crippen molar-refractivity contribution in [2.45, 2.75) is 69.5 Å². The molecular formula is C32H38ClN3O5S. The molecule has 1 fully saturated rings. The minimum Gasteiger partial charge on any atom is -0.497 e. The summed E-state index contributed by atoms with van der Waals surface area (Å²) in [5, 5.41) is 3.57. The van der Waals surface area contributed by atoms with Crippen LogP contribution >= 0.6 is 11.6 Å². The molecule has 0 aliphatic heterocycles. The molecule has 0 bridgehead atoms. The van der Waals surface area contributed by atoms with Gasteiger partial charge in [0.15, 0.2) is 0 Å².